The number of benzene rings is 1. The van der Waals surface area contributed by atoms with E-state index in [1.54, 1.807) is 0 Å². The van der Waals surface area contributed by atoms with Crippen LogP contribution in [0.25, 0.3) is 10.9 Å². The summed E-state index contributed by atoms with van der Waals surface area (Å²) < 4.78 is 2.13. The van der Waals surface area contributed by atoms with Gasteiger partial charge in [-0.3, -0.25) is 4.68 Å². The lowest BCUT2D eigenvalue weighted by atomic mass is 10.0. The minimum atomic E-state index is 0.731. The maximum atomic E-state index is 4.81. The standard InChI is InChI=1S/C18H27N3/c1-3-19-16(14-12-13-14)9-7-10-17-15-8-5-6-11-18(15)21(4-2)20-17/h5-6,8,11,14,16,19H,3-4,7,9-10,12-13H2,1-2H3. The summed E-state index contributed by atoms with van der Waals surface area (Å²) in [7, 11) is 0. The van der Waals surface area contributed by atoms with Gasteiger partial charge in [0.25, 0.3) is 0 Å². The summed E-state index contributed by atoms with van der Waals surface area (Å²) >= 11 is 0. The van der Waals surface area contributed by atoms with Crippen LogP contribution in [0.2, 0.25) is 0 Å². The molecule has 0 aliphatic heterocycles. The fraction of sp³-hybridized carbons (Fsp3) is 0.611. The van der Waals surface area contributed by atoms with Crippen LogP contribution >= 0.6 is 0 Å². The highest BCUT2D eigenvalue weighted by molar-refractivity contribution is 5.81. The lowest BCUT2D eigenvalue weighted by molar-refractivity contribution is 0.433. The summed E-state index contributed by atoms with van der Waals surface area (Å²) in [6.45, 7) is 6.42. The summed E-state index contributed by atoms with van der Waals surface area (Å²) in [4.78, 5) is 0. The van der Waals surface area contributed by atoms with E-state index in [2.05, 4.69) is 48.1 Å². The molecule has 1 saturated carbocycles. The Balaban J connectivity index is 1.65. The Bertz CT molecular complexity index is 583. The molecule has 3 rings (SSSR count). The van der Waals surface area contributed by atoms with E-state index in [0.717, 1.165) is 31.5 Å². The van der Waals surface area contributed by atoms with Gasteiger partial charge in [0.15, 0.2) is 0 Å². The zero-order valence-corrected chi connectivity index (χ0v) is 13.3. The van der Waals surface area contributed by atoms with E-state index in [-0.39, 0.29) is 0 Å². The van der Waals surface area contributed by atoms with E-state index in [9.17, 15) is 0 Å². The van der Waals surface area contributed by atoms with Crippen molar-refractivity contribution in [1.29, 1.82) is 0 Å². The van der Waals surface area contributed by atoms with Crippen LogP contribution in [0, 0.1) is 5.92 Å². The van der Waals surface area contributed by atoms with E-state index in [1.165, 1.54) is 42.3 Å². The largest absolute Gasteiger partial charge is 0.314 e. The van der Waals surface area contributed by atoms with Gasteiger partial charge in [-0.05, 0) is 57.6 Å². The van der Waals surface area contributed by atoms with Crippen molar-refractivity contribution in [1.82, 2.24) is 15.1 Å². The number of nitrogens with zero attached hydrogens (tertiary/aromatic N) is 2. The van der Waals surface area contributed by atoms with E-state index < -0.39 is 0 Å². The van der Waals surface area contributed by atoms with Crippen molar-refractivity contribution in [2.75, 3.05) is 6.54 Å². The third-order valence-electron chi connectivity index (χ3n) is 4.62. The number of hydrogen-bond donors (Lipinski definition) is 1. The molecule has 1 unspecified atom stereocenters. The highest BCUT2D eigenvalue weighted by Crippen LogP contribution is 2.34. The molecule has 0 bridgehead atoms. The molecule has 3 nitrogen and oxygen atoms in total. The minimum Gasteiger partial charge on any atom is -0.314 e. The van der Waals surface area contributed by atoms with E-state index in [0.29, 0.717) is 0 Å². The van der Waals surface area contributed by atoms with Crippen LogP contribution in [-0.4, -0.2) is 22.4 Å². The number of para-hydroxylation sites is 1. The van der Waals surface area contributed by atoms with Gasteiger partial charge in [-0.1, -0.05) is 25.1 Å². The first-order valence-corrected chi connectivity index (χ1v) is 8.51. The Morgan fingerprint density at radius 1 is 1.29 bits per heavy atom. The molecule has 3 heteroatoms. The highest BCUT2D eigenvalue weighted by Gasteiger charge is 2.29. The molecule has 114 valence electrons. The van der Waals surface area contributed by atoms with Gasteiger partial charge in [0.2, 0.25) is 0 Å². The Labute approximate surface area is 127 Å². The Hall–Kier alpha value is -1.35. The second-order valence-electron chi connectivity index (χ2n) is 6.17. The predicted octanol–water partition coefficient (Wildman–Crippen LogP) is 3.77. The summed E-state index contributed by atoms with van der Waals surface area (Å²) in [5.41, 5.74) is 2.55. The maximum Gasteiger partial charge on any atom is 0.0703 e. The van der Waals surface area contributed by atoms with Gasteiger partial charge in [-0.25, -0.2) is 0 Å². The molecular weight excluding hydrogens is 258 g/mol. The molecule has 1 aromatic heterocycles. The Morgan fingerprint density at radius 3 is 2.81 bits per heavy atom. The molecule has 1 aliphatic carbocycles. The van der Waals surface area contributed by atoms with Crippen molar-refractivity contribution < 1.29 is 0 Å². The van der Waals surface area contributed by atoms with Crippen molar-refractivity contribution in [2.45, 2.75) is 58.5 Å². The molecule has 0 spiro atoms. The van der Waals surface area contributed by atoms with Gasteiger partial charge >= 0.3 is 0 Å². The fourth-order valence-corrected chi connectivity index (χ4v) is 3.38. The quantitative estimate of drug-likeness (QED) is 0.800. The van der Waals surface area contributed by atoms with Gasteiger partial charge in [0.1, 0.15) is 0 Å². The summed E-state index contributed by atoms with van der Waals surface area (Å²) in [5, 5.41) is 9.80. The van der Waals surface area contributed by atoms with Crippen molar-refractivity contribution in [3.8, 4) is 0 Å². The molecule has 0 saturated heterocycles. The van der Waals surface area contributed by atoms with Crippen molar-refractivity contribution in [3.05, 3.63) is 30.0 Å². The van der Waals surface area contributed by atoms with Crippen LogP contribution in [0.4, 0.5) is 0 Å². The third-order valence-corrected chi connectivity index (χ3v) is 4.62. The van der Waals surface area contributed by atoms with Crippen LogP contribution < -0.4 is 5.32 Å². The van der Waals surface area contributed by atoms with Crippen LogP contribution in [0.15, 0.2) is 24.3 Å². The minimum absolute atomic E-state index is 0.731. The van der Waals surface area contributed by atoms with Crippen molar-refractivity contribution in [2.24, 2.45) is 5.92 Å². The topological polar surface area (TPSA) is 29.9 Å². The van der Waals surface area contributed by atoms with Gasteiger partial charge < -0.3 is 5.32 Å². The van der Waals surface area contributed by atoms with Crippen LogP contribution in [-0.2, 0) is 13.0 Å². The SMILES string of the molecule is CCNC(CCCc1nn(CC)c2ccccc12)C1CC1. The summed E-state index contributed by atoms with van der Waals surface area (Å²) in [6, 6.07) is 9.36. The number of hydrogen-bond acceptors (Lipinski definition) is 2. The van der Waals surface area contributed by atoms with E-state index in [4.69, 9.17) is 5.10 Å². The Morgan fingerprint density at radius 2 is 2.10 bits per heavy atom. The van der Waals surface area contributed by atoms with Crippen LogP contribution in [0.3, 0.4) is 0 Å². The molecule has 1 aromatic carbocycles. The number of rotatable bonds is 8. The molecule has 2 aromatic rings. The van der Waals surface area contributed by atoms with Gasteiger partial charge in [-0.15, -0.1) is 0 Å². The molecule has 1 aliphatic rings. The molecular formula is C18H27N3. The van der Waals surface area contributed by atoms with Crippen LogP contribution in [0.1, 0.15) is 45.2 Å². The zero-order chi connectivity index (χ0) is 14.7. The fourth-order valence-electron chi connectivity index (χ4n) is 3.38. The van der Waals surface area contributed by atoms with Gasteiger partial charge in [0, 0.05) is 18.0 Å². The summed E-state index contributed by atoms with van der Waals surface area (Å²) in [6.07, 6.45) is 6.46. The molecule has 1 atom stereocenters. The average molecular weight is 285 g/mol. The Kier molecular flexibility index (Phi) is 4.59. The van der Waals surface area contributed by atoms with E-state index >= 15 is 0 Å². The maximum absolute atomic E-state index is 4.81. The lowest BCUT2D eigenvalue weighted by Gasteiger charge is -2.16. The van der Waals surface area contributed by atoms with Crippen molar-refractivity contribution in [3.63, 3.8) is 0 Å². The molecule has 0 radical (unpaired) electrons. The van der Waals surface area contributed by atoms with Gasteiger partial charge in [0.05, 0.1) is 11.2 Å². The number of aryl methyl sites for hydroxylation is 2. The lowest BCUT2D eigenvalue weighted by Crippen LogP contribution is -2.30. The molecule has 21 heavy (non-hydrogen) atoms. The second-order valence-corrected chi connectivity index (χ2v) is 6.17. The zero-order valence-electron chi connectivity index (χ0n) is 13.3. The van der Waals surface area contributed by atoms with Crippen LogP contribution in [0.5, 0.6) is 0 Å². The number of aromatic nitrogens is 2. The molecule has 1 fully saturated rings. The first-order valence-electron chi connectivity index (χ1n) is 8.51. The molecule has 0 amide bonds. The number of nitrogens with one attached hydrogen (secondary N) is 1. The molecule has 1 N–H and O–H groups in total. The normalized spacial score (nSPS) is 16.5. The predicted molar refractivity (Wildman–Crippen MR) is 88.5 cm³/mol. The average Bonchev–Trinajstić information content (AvgIpc) is 3.29. The smallest absolute Gasteiger partial charge is 0.0703 e. The summed E-state index contributed by atoms with van der Waals surface area (Å²) in [5.74, 6) is 0.940. The first kappa shape index (κ1) is 14.6. The van der Waals surface area contributed by atoms with E-state index in [1.807, 2.05) is 0 Å². The van der Waals surface area contributed by atoms with Crippen molar-refractivity contribution >= 4 is 10.9 Å². The third kappa shape index (κ3) is 3.29. The van der Waals surface area contributed by atoms with Gasteiger partial charge in [-0.2, -0.15) is 5.10 Å². The monoisotopic (exact) mass is 285 g/mol. The highest BCUT2D eigenvalue weighted by atomic mass is 15.3. The second kappa shape index (κ2) is 6.61. The molecule has 1 heterocycles. The number of fused-ring (bicyclic) bond motifs is 1. The first-order chi connectivity index (χ1) is 10.3.